The van der Waals surface area contributed by atoms with Gasteiger partial charge in [0.1, 0.15) is 11.6 Å². The summed E-state index contributed by atoms with van der Waals surface area (Å²) in [6.07, 6.45) is 1.68. The summed E-state index contributed by atoms with van der Waals surface area (Å²) in [6.45, 7) is 0.694. The summed E-state index contributed by atoms with van der Waals surface area (Å²) in [6, 6.07) is 13.1. The van der Waals surface area contributed by atoms with E-state index in [1.54, 1.807) is 47.0 Å². The quantitative estimate of drug-likeness (QED) is 0.532. The van der Waals surface area contributed by atoms with Crippen molar-refractivity contribution in [3.8, 4) is 11.8 Å². The number of fused-ring (bicyclic) bond motifs is 2. The number of aryl methyl sites for hydroxylation is 1. The van der Waals surface area contributed by atoms with Crippen molar-refractivity contribution in [3.05, 3.63) is 69.8 Å². The minimum absolute atomic E-state index is 0.0653. The first-order chi connectivity index (χ1) is 12.2. The van der Waals surface area contributed by atoms with Gasteiger partial charge in [0.25, 0.3) is 5.56 Å². The number of hydrogen-bond donors (Lipinski definition) is 0. The van der Waals surface area contributed by atoms with Crippen LogP contribution < -0.4 is 10.3 Å². The van der Waals surface area contributed by atoms with Crippen LogP contribution in [0.25, 0.3) is 10.9 Å². The van der Waals surface area contributed by atoms with Crippen LogP contribution in [0.4, 0.5) is 0 Å². The molecular formula is C19H13N3O3. The fraction of sp³-hybridized carbons (Fsp3) is 0.158. The van der Waals surface area contributed by atoms with E-state index < -0.39 is 5.97 Å². The Bertz CT molecular complexity index is 1090. The molecule has 2 aromatic carbocycles. The van der Waals surface area contributed by atoms with Gasteiger partial charge in [-0.15, -0.1) is 0 Å². The lowest BCUT2D eigenvalue weighted by Gasteiger charge is -2.07. The van der Waals surface area contributed by atoms with Crippen LogP contribution in [-0.2, 0) is 13.0 Å². The number of nitrogens with zero attached hydrogens (tertiary/aromatic N) is 3. The van der Waals surface area contributed by atoms with Crippen LogP contribution >= 0.6 is 0 Å². The van der Waals surface area contributed by atoms with Crippen molar-refractivity contribution in [2.45, 2.75) is 19.4 Å². The molecule has 0 saturated heterocycles. The molecule has 0 N–H and O–H groups in total. The molecule has 122 valence electrons. The van der Waals surface area contributed by atoms with Crippen LogP contribution in [0.2, 0.25) is 0 Å². The first-order valence-electron chi connectivity index (χ1n) is 7.91. The molecule has 0 bridgehead atoms. The zero-order valence-electron chi connectivity index (χ0n) is 13.2. The molecule has 0 saturated carbocycles. The molecule has 0 amide bonds. The predicted molar refractivity (Wildman–Crippen MR) is 90.4 cm³/mol. The normalized spacial score (nSPS) is 12.6. The van der Waals surface area contributed by atoms with E-state index in [4.69, 9.17) is 10.00 Å². The molecule has 0 spiro atoms. The topological polar surface area (TPSA) is 85.0 Å². The summed E-state index contributed by atoms with van der Waals surface area (Å²) >= 11 is 0. The lowest BCUT2D eigenvalue weighted by molar-refractivity contribution is 0.0735. The maximum Gasteiger partial charge on any atom is 0.343 e. The summed E-state index contributed by atoms with van der Waals surface area (Å²) in [5.74, 6) is 0.579. The molecule has 25 heavy (non-hydrogen) atoms. The first-order valence-corrected chi connectivity index (χ1v) is 7.91. The first kappa shape index (κ1) is 15.1. The summed E-state index contributed by atoms with van der Waals surface area (Å²) in [4.78, 5) is 29.3. The van der Waals surface area contributed by atoms with Gasteiger partial charge in [0.05, 0.1) is 28.1 Å². The standard InChI is InChI=1S/C19H13N3O3/c20-11-12-3-6-14(7-4-12)25-19(24)13-5-8-15-16(10-13)21-17-2-1-9-22(17)18(15)23/h3-8,10H,1-2,9H2. The highest BCUT2D eigenvalue weighted by Gasteiger charge is 2.17. The SMILES string of the molecule is N#Cc1ccc(OC(=O)c2ccc3c(=O)n4c(nc3c2)CCC4)cc1. The van der Waals surface area contributed by atoms with Crippen molar-refractivity contribution < 1.29 is 9.53 Å². The van der Waals surface area contributed by atoms with E-state index in [1.165, 1.54) is 0 Å². The van der Waals surface area contributed by atoms with Crippen LogP contribution in [0, 0.1) is 11.3 Å². The highest BCUT2D eigenvalue weighted by molar-refractivity contribution is 5.95. The minimum Gasteiger partial charge on any atom is -0.423 e. The molecule has 0 aliphatic carbocycles. The zero-order chi connectivity index (χ0) is 17.4. The molecule has 3 aromatic rings. The Labute approximate surface area is 142 Å². The van der Waals surface area contributed by atoms with Crippen LogP contribution in [0.15, 0.2) is 47.3 Å². The summed E-state index contributed by atoms with van der Waals surface area (Å²) in [5, 5.41) is 9.29. The fourth-order valence-corrected chi connectivity index (χ4v) is 2.97. The highest BCUT2D eigenvalue weighted by atomic mass is 16.5. The molecular weight excluding hydrogens is 318 g/mol. The highest BCUT2D eigenvalue weighted by Crippen LogP contribution is 2.18. The number of aromatic nitrogens is 2. The molecule has 4 rings (SSSR count). The van der Waals surface area contributed by atoms with Gasteiger partial charge in [-0.1, -0.05) is 0 Å². The molecule has 0 radical (unpaired) electrons. The minimum atomic E-state index is -0.533. The van der Waals surface area contributed by atoms with Crippen LogP contribution in [0.5, 0.6) is 5.75 Å². The van der Waals surface area contributed by atoms with Gasteiger partial charge in [0.15, 0.2) is 0 Å². The van der Waals surface area contributed by atoms with Gasteiger partial charge in [-0.2, -0.15) is 5.26 Å². The molecule has 6 nitrogen and oxygen atoms in total. The van der Waals surface area contributed by atoms with Gasteiger partial charge in [-0.05, 0) is 48.9 Å². The lowest BCUT2D eigenvalue weighted by Crippen LogP contribution is -2.21. The summed E-state index contributed by atoms with van der Waals surface area (Å²) in [5.41, 5.74) is 1.26. The number of benzene rings is 2. The Morgan fingerprint density at radius 3 is 2.76 bits per heavy atom. The molecule has 2 heterocycles. The van der Waals surface area contributed by atoms with Crippen molar-refractivity contribution in [3.63, 3.8) is 0 Å². The summed E-state index contributed by atoms with van der Waals surface area (Å²) in [7, 11) is 0. The maximum atomic E-state index is 12.4. The molecule has 6 heteroatoms. The molecule has 0 fully saturated rings. The van der Waals surface area contributed by atoms with Gasteiger partial charge in [0, 0.05) is 13.0 Å². The Kier molecular flexibility index (Phi) is 3.55. The number of hydrogen-bond acceptors (Lipinski definition) is 5. The van der Waals surface area contributed by atoms with Crippen molar-refractivity contribution in [2.24, 2.45) is 0 Å². The lowest BCUT2D eigenvalue weighted by atomic mass is 10.1. The predicted octanol–water partition coefficient (Wildman–Crippen LogP) is 2.43. The zero-order valence-corrected chi connectivity index (χ0v) is 13.2. The Morgan fingerprint density at radius 1 is 1.20 bits per heavy atom. The van der Waals surface area contributed by atoms with Crippen molar-refractivity contribution in [2.75, 3.05) is 0 Å². The average molecular weight is 331 g/mol. The molecule has 1 aliphatic heterocycles. The smallest absolute Gasteiger partial charge is 0.343 e. The van der Waals surface area contributed by atoms with Crippen molar-refractivity contribution in [1.29, 1.82) is 5.26 Å². The number of carbonyl (C=O) groups is 1. The largest absolute Gasteiger partial charge is 0.423 e. The van der Waals surface area contributed by atoms with E-state index in [0.717, 1.165) is 18.7 Å². The number of nitriles is 1. The van der Waals surface area contributed by atoms with Crippen molar-refractivity contribution in [1.82, 2.24) is 9.55 Å². The number of carbonyl (C=O) groups excluding carboxylic acids is 1. The molecule has 1 aromatic heterocycles. The second kappa shape index (κ2) is 5.87. The molecule has 1 aliphatic rings. The molecule has 0 atom stereocenters. The van der Waals surface area contributed by atoms with E-state index >= 15 is 0 Å². The maximum absolute atomic E-state index is 12.4. The van der Waals surface area contributed by atoms with Crippen LogP contribution in [0.3, 0.4) is 0 Å². The summed E-state index contributed by atoms with van der Waals surface area (Å²) < 4.78 is 7.00. The second-order valence-corrected chi connectivity index (χ2v) is 5.85. The van der Waals surface area contributed by atoms with Gasteiger partial charge in [-0.3, -0.25) is 9.36 Å². The van der Waals surface area contributed by atoms with Crippen LogP contribution in [-0.4, -0.2) is 15.5 Å². The number of esters is 1. The third-order valence-corrected chi connectivity index (χ3v) is 4.25. The third kappa shape index (κ3) is 2.66. The number of rotatable bonds is 2. The van der Waals surface area contributed by atoms with Gasteiger partial charge in [0.2, 0.25) is 0 Å². The monoisotopic (exact) mass is 331 g/mol. The van der Waals surface area contributed by atoms with E-state index in [1.807, 2.05) is 6.07 Å². The van der Waals surface area contributed by atoms with E-state index in [0.29, 0.717) is 34.3 Å². The third-order valence-electron chi connectivity index (χ3n) is 4.25. The molecule has 0 unspecified atom stereocenters. The Balaban J connectivity index is 1.67. The van der Waals surface area contributed by atoms with Gasteiger partial charge in [-0.25, -0.2) is 9.78 Å². The number of ether oxygens (including phenoxy) is 1. The van der Waals surface area contributed by atoms with Crippen molar-refractivity contribution >= 4 is 16.9 Å². The average Bonchev–Trinajstić information content (AvgIpc) is 3.11. The Hall–Kier alpha value is -3.46. The van der Waals surface area contributed by atoms with Gasteiger partial charge >= 0.3 is 5.97 Å². The van der Waals surface area contributed by atoms with Crippen LogP contribution in [0.1, 0.15) is 28.2 Å². The van der Waals surface area contributed by atoms with Gasteiger partial charge < -0.3 is 4.74 Å². The Morgan fingerprint density at radius 2 is 2.00 bits per heavy atom. The second-order valence-electron chi connectivity index (χ2n) is 5.85. The van der Waals surface area contributed by atoms with E-state index in [9.17, 15) is 9.59 Å². The van der Waals surface area contributed by atoms with E-state index in [2.05, 4.69) is 4.98 Å². The van der Waals surface area contributed by atoms with E-state index in [-0.39, 0.29) is 5.56 Å². The fourth-order valence-electron chi connectivity index (χ4n) is 2.97.